The lowest BCUT2D eigenvalue weighted by molar-refractivity contribution is -0.118. The Morgan fingerprint density at radius 1 is 1.43 bits per heavy atom. The second-order valence-electron chi connectivity index (χ2n) is 3.28. The highest BCUT2D eigenvalue weighted by atomic mass is 127. The summed E-state index contributed by atoms with van der Waals surface area (Å²) >= 11 is 2.27. The van der Waals surface area contributed by atoms with Gasteiger partial charge in [-0.3, -0.25) is 4.79 Å². The molecular formula is C11H14INO. The summed E-state index contributed by atoms with van der Waals surface area (Å²) in [5.41, 5.74) is 1.19. The van der Waals surface area contributed by atoms with Gasteiger partial charge in [0.15, 0.2) is 0 Å². The van der Waals surface area contributed by atoms with Gasteiger partial charge in [0.2, 0.25) is 0 Å². The topological polar surface area (TPSA) is 29.1 Å². The molecule has 0 aliphatic heterocycles. The first kappa shape index (κ1) is 11.7. The van der Waals surface area contributed by atoms with Gasteiger partial charge in [0.05, 0.1) is 6.04 Å². The Morgan fingerprint density at radius 2 is 2.00 bits per heavy atom. The quantitative estimate of drug-likeness (QED) is 0.862. The van der Waals surface area contributed by atoms with Gasteiger partial charge in [-0.25, -0.2) is 0 Å². The molecule has 0 saturated carbocycles. The van der Waals surface area contributed by atoms with Crippen LogP contribution in [0, 0.1) is 3.57 Å². The van der Waals surface area contributed by atoms with Crippen molar-refractivity contribution >= 4 is 28.4 Å². The van der Waals surface area contributed by atoms with E-state index in [2.05, 4.69) is 52.2 Å². The zero-order valence-electron chi connectivity index (χ0n) is 8.38. The first-order chi connectivity index (χ1) is 6.63. The Bertz CT molecular complexity index is 308. The summed E-state index contributed by atoms with van der Waals surface area (Å²) in [6.07, 6.45) is 0.767. The number of likely N-dealkylation sites (N-methyl/N-ethyl adjacent to an activating group) is 1. The van der Waals surface area contributed by atoms with Crippen molar-refractivity contribution in [2.45, 2.75) is 19.4 Å². The number of halogens is 1. The number of benzene rings is 1. The molecule has 0 aliphatic rings. The summed E-state index contributed by atoms with van der Waals surface area (Å²) in [4.78, 5) is 11.2. The van der Waals surface area contributed by atoms with Crippen molar-refractivity contribution in [3.63, 3.8) is 0 Å². The highest BCUT2D eigenvalue weighted by molar-refractivity contribution is 14.1. The largest absolute Gasteiger partial charge is 0.310 e. The maximum atomic E-state index is 11.2. The number of carbonyl (C=O) groups excluding carboxylic acids is 1. The summed E-state index contributed by atoms with van der Waals surface area (Å²) < 4.78 is 1.22. The van der Waals surface area contributed by atoms with Gasteiger partial charge in [0.1, 0.15) is 5.78 Å². The highest BCUT2D eigenvalue weighted by Gasteiger charge is 2.11. The molecule has 0 fully saturated rings. The molecule has 0 aliphatic carbocycles. The highest BCUT2D eigenvalue weighted by Crippen LogP contribution is 2.09. The number of nitrogens with one attached hydrogen (secondary N) is 1. The van der Waals surface area contributed by atoms with E-state index in [0.717, 1.165) is 6.42 Å². The van der Waals surface area contributed by atoms with Crippen molar-refractivity contribution in [2.75, 3.05) is 7.05 Å². The third-order valence-electron chi connectivity index (χ3n) is 2.19. The Hall–Kier alpha value is -0.420. The summed E-state index contributed by atoms with van der Waals surface area (Å²) in [5, 5.41) is 3.01. The summed E-state index contributed by atoms with van der Waals surface area (Å²) in [5.74, 6) is 0.186. The molecule has 0 spiro atoms. The van der Waals surface area contributed by atoms with E-state index < -0.39 is 0 Å². The van der Waals surface area contributed by atoms with Crippen LogP contribution >= 0.6 is 22.6 Å². The fraction of sp³-hybridized carbons (Fsp3) is 0.364. The third kappa shape index (κ3) is 3.38. The van der Waals surface area contributed by atoms with Gasteiger partial charge >= 0.3 is 0 Å². The molecule has 76 valence electrons. The Balaban J connectivity index is 2.67. The van der Waals surface area contributed by atoms with E-state index in [1.807, 2.05) is 7.05 Å². The van der Waals surface area contributed by atoms with Crippen LogP contribution in [0.5, 0.6) is 0 Å². The predicted octanol–water partition coefficient (Wildman–Crippen LogP) is 2.01. The van der Waals surface area contributed by atoms with Gasteiger partial charge in [-0.2, -0.15) is 0 Å². The zero-order chi connectivity index (χ0) is 10.6. The van der Waals surface area contributed by atoms with E-state index in [4.69, 9.17) is 0 Å². The molecule has 0 aromatic heterocycles. The van der Waals surface area contributed by atoms with E-state index in [0.29, 0.717) is 0 Å². The minimum atomic E-state index is -0.0601. The molecule has 0 heterocycles. The molecule has 1 aromatic carbocycles. The Kier molecular flexibility index (Phi) is 4.54. The van der Waals surface area contributed by atoms with E-state index in [9.17, 15) is 4.79 Å². The van der Waals surface area contributed by atoms with Crippen LogP contribution in [-0.2, 0) is 11.2 Å². The van der Waals surface area contributed by atoms with Crippen LogP contribution in [0.15, 0.2) is 24.3 Å². The molecular weight excluding hydrogens is 289 g/mol. The molecule has 0 radical (unpaired) electrons. The van der Waals surface area contributed by atoms with Crippen molar-refractivity contribution in [1.29, 1.82) is 0 Å². The van der Waals surface area contributed by atoms with Crippen LogP contribution in [0.2, 0.25) is 0 Å². The molecule has 14 heavy (non-hydrogen) atoms. The molecule has 0 amide bonds. The van der Waals surface area contributed by atoms with E-state index in [1.54, 1.807) is 6.92 Å². The Morgan fingerprint density at radius 3 is 2.43 bits per heavy atom. The maximum absolute atomic E-state index is 11.2. The number of Topliss-reactive ketones (excluding diaryl/α,β-unsaturated/α-hetero) is 1. The number of rotatable bonds is 4. The summed E-state index contributed by atoms with van der Waals surface area (Å²) in [6.45, 7) is 1.62. The molecule has 1 atom stereocenters. The van der Waals surface area contributed by atoms with E-state index in [-0.39, 0.29) is 11.8 Å². The average Bonchev–Trinajstić information content (AvgIpc) is 2.16. The number of ketones is 1. The predicted molar refractivity (Wildman–Crippen MR) is 66.4 cm³/mol. The smallest absolute Gasteiger partial charge is 0.147 e. The van der Waals surface area contributed by atoms with Gasteiger partial charge in [-0.15, -0.1) is 0 Å². The van der Waals surface area contributed by atoms with Gasteiger partial charge in [-0.05, 0) is 60.7 Å². The van der Waals surface area contributed by atoms with Crippen LogP contribution in [0.4, 0.5) is 0 Å². The normalized spacial score (nSPS) is 12.5. The standard InChI is InChI=1S/C11H14INO/c1-8(14)11(13-2)7-9-3-5-10(12)6-4-9/h3-6,11,13H,7H2,1-2H3/t11-/m0/s1. The fourth-order valence-electron chi connectivity index (χ4n) is 1.31. The molecule has 0 unspecified atom stereocenters. The SMILES string of the molecule is CN[C@@H](Cc1ccc(I)cc1)C(C)=O. The monoisotopic (exact) mass is 303 g/mol. The van der Waals surface area contributed by atoms with Crippen LogP contribution in [0.25, 0.3) is 0 Å². The van der Waals surface area contributed by atoms with Crippen LogP contribution in [-0.4, -0.2) is 18.9 Å². The second kappa shape index (κ2) is 5.46. The molecule has 0 saturated heterocycles. The molecule has 3 heteroatoms. The number of carbonyl (C=O) groups is 1. The van der Waals surface area contributed by atoms with Crippen molar-refractivity contribution in [3.05, 3.63) is 33.4 Å². The first-order valence-corrected chi connectivity index (χ1v) is 5.63. The van der Waals surface area contributed by atoms with Crippen LogP contribution < -0.4 is 5.32 Å². The van der Waals surface area contributed by atoms with Gasteiger partial charge < -0.3 is 5.32 Å². The molecule has 1 N–H and O–H groups in total. The minimum absolute atomic E-state index is 0.0601. The van der Waals surface area contributed by atoms with E-state index in [1.165, 1.54) is 9.13 Å². The lowest BCUT2D eigenvalue weighted by Gasteiger charge is -2.12. The average molecular weight is 303 g/mol. The van der Waals surface area contributed by atoms with Crippen molar-refractivity contribution < 1.29 is 4.79 Å². The molecule has 1 rings (SSSR count). The van der Waals surface area contributed by atoms with E-state index >= 15 is 0 Å². The first-order valence-electron chi connectivity index (χ1n) is 4.55. The van der Waals surface area contributed by atoms with Gasteiger partial charge in [0.25, 0.3) is 0 Å². The number of hydrogen-bond donors (Lipinski definition) is 1. The third-order valence-corrected chi connectivity index (χ3v) is 2.91. The van der Waals surface area contributed by atoms with Crippen molar-refractivity contribution in [2.24, 2.45) is 0 Å². The molecule has 0 bridgehead atoms. The van der Waals surface area contributed by atoms with Crippen molar-refractivity contribution in [1.82, 2.24) is 5.32 Å². The lowest BCUT2D eigenvalue weighted by atomic mass is 10.0. The van der Waals surface area contributed by atoms with Gasteiger partial charge in [0, 0.05) is 3.57 Å². The van der Waals surface area contributed by atoms with Crippen LogP contribution in [0.3, 0.4) is 0 Å². The molecule has 2 nitrogen and oxygen atoms in total. The summed E-state index contributed by atoms with van der Waals surface area (Å²) in [6, 6.07) is 8.19. The molecule has 1 aromatic rings. The second-order valence-corrected chi connectivity index (χ2v) is 4.53. The zero-order valence-corrected chi connectivity index (χ0v) is 10.5. The fourth-order valence-corrected chi connectivity index (χ4v) is 1.66. The maximum Gasteiger partial charge on any atom is 0.147 e. The minimum Gasteiger partial charge on any atom is -0.310 e. The van der Waals surface area contributed by atoms with Crippen LogP contribution in [0.1, 0.15) is 12.5 Å². The van der Waals surface area contributed by atoms with Crippen molar-refractivity contribution in [3.8, 4) is 0 Å². The Labute approximate surface area is 98.2 Å². The number of hydrogen-bond acceptors (Lipinski definition) is 2. The van der Waals surface area contributed by atoms with Gasteiger partial charge in [-0.1, -0.05) is 12.1 Å². The lowest BCUT2D eigenvalue weighted by Crippen LogP contribution is -2.34. The summed E-state index contributed by atoms with van der Waals surface area (Å²) in [7, 11) is 1.82.